The van der Waals surface area contributed by atoms with Gasteiger partial charge in [-0.3, -0.25) is 4.79 Å². The van der Waals surface area contributed by atoms with Gasteiger partial charge in [-0.25, -0.2) is 0 Å². The molecule has 1 aliphatic heterocycles. The third-order valence-corrected chi connectivity index (χ3v) is 4.18. The fourth-order valence-corrected chi connectivity index (χ4v) is 3.23. The quantitative estimate of drug-likeness (QED) is 0.872. The second-order valence-corrected chi connectivity index (χ2v) is 5.49. The van der Waals surface area contributed by atoms with Crippen LogP contribution in [0, 0.1) is 6.92 Å². The summed E-state index contributed by atoms with van der Waals surface area (Å²) < 4.78 is 0. The zero-order chi connectivity index (χ0) is 12.4. The van der Waals surface area contributed by atoms with Gasteiger partial charge in [-0.05, 0) is 38.6 Å². The Kier molecular flexibility index (Phi) is 3.74. The summed E-state index contributed by atoms with van der Waals surface area (Å²) in [6.45, 7) is 4.57. The first-order valence-electron chi connectivity index (χ1n) is 5.83. The molecule has 2 rings (SSSR count). The number of anilines is 1. The number of fused-ring (bicyclic) bond motifs is 1. The largest absolute Gasteiger partial charge is 0.311 e. The summed E-state index contributed by atoms with van der Waals surface area (Å²) in [5.41, 5.74) is 2.30. The summed E-state index contributed by atoms with van der Waals surface area (Å²) in [5.74, 6) is 1.11. The zero-order valence-corrected chi connectivity index (χ0v) is 11.3. The van der Waals surface area contributed by atoms with Crippen LogP contribution in [0.15, 0.2) is 23.1 Å². The number of carbonyl (C=O) groups is 1. The number of likely N-dealkylation sites (N-methyl/N-ethyl adjacent to an activating group) is 1. The Hall–Kier alpha value is -1.00. The maximum absolute atomic E-state index is 12.1. The molecule has 1 N–H and O–H groups in total. The highest BCUT2D eigenvalue weighted by Gasteiger charge is 2.27. The lowest BCUT2D eigenvalue weighted by molar-refractivity contribution is -0.118. The first-order valence-corrected chi connectivity index (χ1v) is 6.82. The van der Waals surface area contributed by atoms with Crippen LogP contribution < -0.4 is 10.2 Å². The van der Waals surface area contributed by atoms with E-state index in [1.165, 1.54) is 10.5 Å². The second kappa shape index (κ2) is 5.10. The van der Waals surface area contributed by atoms with Crippen LogP contribution in [0.2, 0.25) is 0 Å². The van der Waals surface area contributed by atoms with E-state index >= 15 is 0 Å². The number of carbonyl (C=O) groups excluding carboxylic acids is 1. The van der Waals surface area contributed by atoms with Gasteiger partial charge >= 0.3 is 0 Å². The van der Waals surface area contributed by atoms with Crippen LogP contribution in [-0.2, 0) is 4.79 Å². The summed E-state index contributed by atoms with van der Waals surface area (Å²) in [5, 5.41) is 2.93. The van der Waals surface area contributed by atoms with Crippen LogP contribution >= 0.6 is 11.8 Å². The maximum atomic E-state index is 12.1. The number of amides is 1. The van der Waals surface area contributed by atoms with Crippen LogP contribution in [0.5, 0.6) is 0 Å². The molecule has 17 heavy (non-hydrogen) atoms. The molecule has 1 amide bonds. The highest BCUT2D eigenvalue weighted by molar-refractivity contribution is 7.99. The number of aryl methyl sites for hydroxylation is 1. The molecule has 0 fully saturated rings. The van der Waals surface area contributed by atoms with Gasteiger partial charge in [0.25, 0.3) is 0 Å². The highest BCUT2D eigenvalue weighted by Crippen LogP contribution is 2.37. The molecule has 1 atom stereocenters. The second-order valence-electron chi connectivity index (χ2n) is 4.43. The molecule has 0 aliphatic carbocycles. The van der Waals surface area contributed by atoms with Crippen molar-refractivity contribution in [3.8, 4) is 0 Å². The Labute approximate surface area is 107 Å². The van der Waals surface area contributed by atoms with Gasteiger partial charge < -0.3 is 10.2 Å². The van der Waals surface area contributed by atoms with Crippen molar-refractivity contribution < 1.29 is 4.79 Å². The molecular formula is C13H18N2OS. The van der Waals surface area contributed by atoms with E-state index in [0.29, 0.717) is 6.54 Å². The molecule has 0 spiro atoms. The Morgan fingerprint density at radius 1 is 1.59 bits per heavy atom. The van der Waals surface area contributed by atoms with Crippen molar-refractivity contribution >= 4 is 23.4 Å². The Morgan fingerprint density at radius 3 is 3.06 bits per heavy atom. The average Bonchev–Trinajstić information content (AvgIpc) is 2.29. The molecule has 4 heteroatoms. The van der Waals surface area contributed by atoms with E-state index < -0.39 is 0 Å². The van der Waals surface area contributed by atoms with Crippen LogP contribution in [-0.4, -0.2) is 31.3 Å². The standard InChI is InChI=1S/C13H18N2OS/c1-9-4-5-11-12(6-9)17-8-10(2)15(11)13(16)7-14-3/h4-6,10,14H,7-8H2,1-3H3. The summed E-state index contributed by atoms with van der Waals surface area (Å²) in [6, 6.07) is 6.54. The van der Waals surface area contributed by atoms with E-state index in [1.807, 2.05) is 16.7 Å². The molecule has 0 saturated heterocycles. The lowest BCUT2D eigenvalue weighted by Gasteiger charge is -2.35. The fraction of sp³-hybridized carbons (Fsp3) is 0.462. The topological polar surface area (TPSA) is 32.3 Å². The van der Waals surface area contributed by atoms with E-state index in [-0.39, 0.29) is 11.9 Å². The molecule has 0 bridgehead atoms. The zero-order valence-electron chi connectivity index (χ0n) is 10.5. The first kappa shape index (κ1) is 12.5. The third kappa shape index (κ3) is 2.48. The van der Waals surface area contributed by atoms with Crippen LogP contribution in [0.4, 0.5) is 5.69 Å². The first-order chi connectivity index (χ1) is 8.13. The highest BCUT2D eigenvalue weighted by atomic mass is 32.2. The smallest absolute Gasteiger partial charge is 0.241 e. The normalized spacial score (nSPS) is 19.0. The van der Waals surface area contributed by atoms with Crippen LogP contribution in [0.25, 0.3) is 0 Å². The van der Waals surface area contributed by atoms with Gasteiger partial charge in [-0.2, -0.15) is 0 Å². The van der Waals surface area contributed by atoms with E-state index in [4.69, 9.17) is 0 Å². The fourth-order valence-electron chi connectivity index (χ4n) is 2.07. The van der Waals surface area contributed by atoms with Gasteiger partial charge in [-0.1, -0.05) is 6.07 Å². The minimum absolute atomic E-state index is 0.144. The summed E-state index contributed by atoms with van der Waals surface area (Å²) >= 11 is 1.84. The third-order valence-electron chi connectivity index (χ3n) is 2.89. The number of benzene rings is 1. The van der Waals surface area contributed by atoms with Crippen molar-refractivity contribution in [1.82, 2.24) is 5.32 Å². The van der Waals surface area contributed by atoms with Gasteiger partial charge in [-0.15, -0.1) is 11.8 Å². The molecular weight excluding hydrogens is 232 g/mol. The van der Waals surface area contributed by atoms with Crippen molar-refractivity contribution in [2.45, 2.75) is 24.8 Å². The van der Waals surface area contributed by atoms with Crippen molar-refractivity contribution in [1.29, 1.82) is 0 Å². The molecule has 1 heterocycles. The van der Waals surface area contributed by atoms with E-state index in [2.05, 4.69) is 37.4 Å². The van der Waals surface area contributed by atoms with Crippen LogP contribution in [0.1, 0.15) is 12.5 Å². The number of rotatable bonds is 2. The molecule has 3 nitrogen and oxygen atoms in total. The van der Waals surface area contributed by atoms with Gasteiger partial charge in [0.2, 0.25) is 5.91 Å². The molecule has 1 aromatic rings. The van der Waals surface area contributed by atoms with Crippen LogP contribution in [0.3, 0.4) is 0 Å². The van der Waals surface area contributed by atoms with Crippen molar-refractivity contribution in [3.63, 3.8) is 0 Å². The average molecular weight is 250 g/mol. The lowest BCUT2D eigenvalue weighted by atomic mass is 10.1. The van der Waals surface area contributed by atoms with E-state index in [9.17, 15) is 4.79 Å². The van der Waals surface area contributed by atoms with E-state index in [0.717, 1.165) is 11.4 Å². The molecule has 0 aromatic heterocycles. The number of hydrogen-bond acceptors (Lipinski definition) is 3. The summed E-state index contributed by atoms with van der Waals surface area (Å²) in [4.78, 5) is 15.2. The molecule has 1 aliphatic rings. The van der Waals surface area contributed by atoms with Gasteiger partial charge in [0.05, 0.1) is 12.2 Å². The monoisotopic (exact) mass is 250 g/mol. The predicted octanol–water partition coefficient (Wildman–Crippen LogP) is 2.04. The number of nitrogens with zero attached hydrogens (tertiary/aromatic N) is 1. The number of thioether (sulfide) groups is 1. The molecule has 0 saturated carbocycles. The number of hydrogen-bond donors (Lipinski definition) is 1. The molecule has 92 valence electrons. The maximum Gasteiger partial charge on any atom is 0.241 e. The Balaban J connectivity index is 2.36. The SMILES string of the molecule is CNCC(=O)N1c2ccc(C)cc2SCC1C. The Morgan fingerprint density at radius 2 is 2.35 bits per heavy atom. The van der Waals surface area contributed by atoms with Crippen molar-refractivity contribution in [2.75, 3.05) is 24.2 Å². The minimum Gasteiger partial charge on any atom is -0.311 e. The summed E-state index contributed by atoms with van der Waals surface area (Å²) in [7, 11) is 1.80. The van der Waals surface area contributed by atoms with Crippen molar-refractivity contribution in [3.05, 3.63) is 23.8 Å². The predicted molar refractivity (Wildman–Crippen MR) is 72.8 cm³/mol. The molecule has 1 unspecified atom stereocenters. The summed E-state index contributed by atoms with van der Waals surface area (Å²) in [6.07, 6.45) is 0. The molecule has 0 radical (unpaired) electrons. The van der Waals surface area contributed by atoms with Gasteiger partial charge in [0.1, 0.15) is 0 Å². The van der Waals surface area contributed by atoms with E-state index in [1.54, 1.807) is 7.05 Å². The van der Waals surface area contributed by atoms with Crippen molar-refractivity contribution in [2.24, 2.45) is 0 Å². The van der Waals surface area contributed by atoms with Gasteiger partial charge in [0.15, 0.2) is 0 Å². The minimum atomic E-state index is 0.144. The van der Waals surface area contributed by atoms with Gasteiger partial charge in [0, 0.05) is 16.7 Å². The Bertz CT molecular complexity index is 433. The molecule has 1 aromatic carbocycles. The number of nitrogens with one attached hydrogen (secondary N) is 1. The lowest BCUT2D eigenvalue weighted by Crippen LogP contribution is -2.46.